The maximum Gasteiger partial charge on any atom is 0.259 e. The van der Waals surface area contributed by atoms with Crippen molar-refractivity contribution in [1.29, 1.82) is 0 Å². The summed E-state index contributed by atoms with van der Waals surface area (Å²) >= 11 is 1.25. The fourth-order valence-corrected chi connectivity index (χ4v) is 3.34. The molecule has 0 spiro atoms. The van der Waals surface area contributed by atoms with E-state index in [0.29, 0.717) is 32.8 Å². The maximum atomic E-state index is 12.7. The maximum absolute atomic E-state index is 12.7. The average Bonchev–Trinajstić information content (AvgIpc) is 3.12. The van der Waals surface area contributed by atoms with Crippen molar-refractivity contribution in [3.05, 3.63) is 76.0 Å². The van der Waals surface area contributed by atoms with Crippen molar-refractivity contribution in [2.45, 2.75) is 6.61 Å². The number of aliphatic hydroxyl groups excluding tert-OH is 1. The number of thiophene rings is 1. The van der Waals surface area contributed by atoms with E-state index in [0.717, 1.165) is 0 Å². The number of benzene rings is 2. The number of hydrogen-bond donors (Lipinski definition) is 3. The quantitative estimate of drug-likeness (QED) is 0.658. The van der Waals surface area contributed by atoms with E-state index in [9.17, 15) is 14.7 Å². The SMILES string of the molecule is NC(=O)c1sccc1-c1ccccc1C(=O)Nc1cccc(CO)c1. The van der Waals surface area contributed by atoms with Gasteiger partial charge in [-0.1, -0.05) is 30.3 Å². The molecule has 0 atom stereocenters. The summed E-state index contributed by atoms with van der Waals surface area (Å²) in [5.41, 5.74) is 8.46. The Labute approximate surface area is 148 Å². The molecule has 0 saturated heterocycles. The second-order valence-electron chi connectivity index (χ2n) is 5.39. The van der Waals surface area contributed by atoms with Gasteiger partial charge in [0.25, 0.3) is 11.8 Å². The Kier molecular flexibility index (Phi) is 4.92. The molecule has 126 valence electrons. The van der Waals surface area contributed by atoms with E-state index in [1.54, 1.807) is 60.0 Å². The number of nitrogens with one attached hydrogen (secondary N) is 1. The third-order valence-corrected chi connectivity index (χ3v) is 4.65. The topological polar surface area (TPSA) is 92.4 Å². The van der Waals surface area contributed by atoms with Crippen LogP contribution in [0.25, 0.3) is 11.1 Å². The summed E-state index contributed by atoms with van der Waals surface area (Å²) in [6.07, 6.45) is 0. The van der Waals surface area contributed by atoms with Crippen molar-refractivity contribution in [2.24, 2.45) is 5.73 Å². The van der Waals surface area contributed by atoms with Crippen LogP contribution in [-0.4, -0.2) is 16.9 Å². The molecular formula is C19H16N2O3S. The lowest BCUT2D eigenvalue weighted by Gasteiger charge is -2.11. The van der Waals surface area contributed by atoms with Gasteiger partial charge in [0, 0.05) is 16.8 Å². The first-order chi connectivity index (χ1) is 12.1. The van der Waals surface area contributed by atoms with E-state index in [4.69, 9.17) is 5.73 Å². The highest BCUT2D eigenvalue weighted by atomic mass is 32.1. The minimum atomic E-state index is -0.518. The molecule has 1 heterocycles. The Morgan fingerprint density at radius 1 is 1.04 bits per heavy atom. The molecular weight excluding hydrogens is 336 g/mol. The van der Waals surface area contributed by atoms with Gasteiger partial charge in [-0.25, -0.2) is 0 Å². The highest BCUT2D eigenvalue weighted by molar-refractivity contribution is 7.12. The molecule has 2 aromatic carbocycles. The highest BCUT2D eigenvalue weighted by Gasteiger charge is 2.18. The van der Waals surface area contributed by atoms with Crippen LogP contribution >= 0.6 is 11.3 Å². The number of aliphatic hydroxyl groups is 1. The van der Waals surface area contributed by atoms with Crippen LogP contribution in [0.3, 0.4) is 0 Å². The first-order valence-corrected chi connectivity index (χ1v) is 8.46. The molecule has 0 radical (unpaired) electrons. The summed E-state index contributed by atoms with van der Waals surface area (Å²) in [6.45, 7) is -0.100. The first-order valence-electron chi connectivity index (χ1n) is 7.58. The van der Waals surface area contributed by atoms with Gasteiger partial charge in [-0.05, 0) is 40.8 Å². The lowest BCUT2D eigenvalue weighted by atomic mass is 9.99. The normalized spacial score (nSPS) is 10.4. The Bertz CT molecular complexity index is 934. The minimum absolute atomic E-state index is 0.100. The van der Waals surface area contributed by atoms with Crippen molar-refractivity contribution in [2.75, 3.05) is 5.32 Å². The van der Waals surface area contributed by atoms with Gasteiger partial charge in [-0.2, -0.15) is 0 Å². The third kappa shape index (κ3) is 3.60. The molecule has 0 unspecified atom stereocenters. The second-order valence-corrected chi connectivity index (χ2v) is 6.30. The summed E-state index contributed by atoms with van der Waals surface area (Å²) in [5.74, 6) is -0.817. The van der Waals surface area contributed by atoms with E-state index >= 15 is 0 Å². The van der Waals surface area contributed by atoms with E-state index in [2.05, 4.69) is 5.32 Å². The Morgan fingerprint density at radius 3 is 2.60 bits per heavy atom. The molecule has 0 aliphatic rings. The van der Waals surface area contributed by atoms with Gasteiger partial charge in [-0.15, -0.1) is 11.3 Å². The number of rotatable bonds is 5. The molecule has 0 saturated carbocycles. The fraction of sp³-hybridized carbons (Fsp3) is 0.0526. The van der Waals surface area contributed by atoms with Gasteiger partial charge in [0.05, 0.1) is 11.5 Å². The smallest absolute Gasteiger partial charge is 0.259 e. The third-order valence-electron chi connectivity index (χ3n) is 3.72. The van der Waals surface area contributed by atoms with Gasteiger partial charge in [0.2, 0.25) is 0 Å². The molecule has 6 heteroatoms. The number of carbonyl (C=O) groups is 2. The Morgan fingerprint density at radius 2 is 1.84 bits per heavy atom. The number of primary amides is 1. The number of nitrogens with two attached hydrogens (primary N) is 1. The van der Waals surface area contributed by atoms with Gasteiger partial charge in [-0.3, -0.25) is 9.59 Å². The predicted octanol–water partition coefficient (Wildman–Crippen LogP) is 3.26. The molecule has 0 aliphatic heterocycles. The largest absolute Gasteiger partial charge is 0.392 e. The molecule has 4 N–H and O–H groups in total. The Hall–Kier alpha value is -2.96. The Balaban J connectivity index is 1.96. The standard InChI is InChI=1S/C19H16N2O3S/c20-18(23)17-15(8-9-25-17)14-6-1-2-7-16(14)19(24)21-13-5-3-4-12(10-13)11-22/h1-10,22H,11H2,(H2,20,23)(H,21,24). The zero-order valence-corrected chi connectivity index (χ0v) is 14.0. The van der Waals surface area contributed by atoms with E-state index < -0.39 is 5.91 Å². The lowest BCUT2D eigenvalue weighted by Crippen LogP contribution is -2.14. The predicted molar refractivity (Wildman–Crippen MR) is 98.6 cm³/mol. The summed E-state index contributed by atoms with van der Waals surface area (Å²) in [4.78, 5) is 24.8. The summed E-state index contributed by atoms with van der Waals surface area (Å²) in [5, 5.41) is 13.8. The van der Waals surface area contributed by atoms with Crippen molar-refractivity contribution in [3.8, 4) is 11.1 Å². The van der Waals surface area contributed by atoms with Crippen molar-refractivity contribution in [3.63, 3.8) is 0 Å². The summed E-state index contributed by atoms with van der Waals surface area (Å²) in [7, 11) is 0. The van der Waals surface area contributed by atoms with Crippen LogP contribution in [0.5, 0.6) is 0 Å². The van der Waals surface area contributed by atoms with Crippen molar-refractivity contribution in [1.82, 2.24) is 0 Å². The molecule has 0 bridgehead atoms. The summed E-state index contributed by atoms with van der Waals surface area (Å²) < 4.78 is 0. The molecule has 1 aromatic heterocycles. The average molecular weight is 352 g/mol. The molecule has 25 heavy (non-hydrogen) atoms. The number of anilines is 1. The molecule has 2 amide bonds. The number of hydrogen-bond acceptors (Lipinski definition) is 4. The number of amides is 2. The fourth-order valence-electron chi connectivity index (χ4n) is 2.57. The van der Waals surface area contributed by atoms with Crippen LogP contribution in [0.1, 0.15) is 25.6 Å². The van der Waals surface area contributed by atoms with Gasteiger partial charge >= 0.3 is 0 Å². The van der Waals surface area contributed by atoms with Gasteiger partial charge in [0.1, 0.15) is 0 Å². The van der Waals surface area contributed by atoms with E-state index in [-0.39, 0.29) is 12.5 Å². The number of carbonyl (C=O) groups excluding carboxylic acids is 2. The van der Waals surface area contributed by atoms with Crippen molar-refractivity contribution >= 4 is 28.8 Å². The van der Waals surface area contributed by atoms with Crippen LogP contribution in [0.2, 0.25) is 0 Å². The van der Waals surface area contributed by atoms with Crippen molar-refractivity contribution < 1.29 is 14.7 Å². The van der Waals surface area contributed by atoms with E-state index in [1.165, 1.54) is 11.3 Å². The monoisotopic (exact) mass is 352 g/mol. The summed E-state index contributed by atoms with van der Waals surface area (Å²) in [6, 6.07) is 15.8. The zero-order valence-electron chi connectivity index (χ0n) is 13.2. The van der Waals surface area contributed by atoms with E-state index in [1.807, 2.05) is 0 Å². The van der Waals surface area contributed by atoms with Crippen LogP contribution < -0.4 is 11.1 Å². The molecule has 3 rings (SSSR count). The highest BCUT2D eigenvalue weighted by Crippen LogP contribution is 2.31. The van der Waals surface area contributed by atoms with Crippen LogP contribution in [0.4, 0.5) is 5.69 Å². The van der Waals surface area contributed by atoms with Gasteiger partial charge < -0.3 is 16.2 Å². The molecule has 5 nitrogen and oxygen atoms in total. The first kappa shape index (κ1) is 16.9. The molecule has 0 fully saturated rings. The van der Waals surface area contributed by atoms with Crippen LogP contribution in [-0.2, 0) is 6.61 Å². The molecule has 0 aliphatic carbocycles. The lowest BCUT2D eigenvalue weighted by molar-refractivity contribution is 0.1000. The van der Waals surface area contributed by atoms with Crippen LogP contribution in [0, 0.1) is 0 Å². The van der Waals surface area contributed by atoms with Gasteiger partial charge in [0.15, 0.2) is 0 Å². The minimum Gasteiger partial charge on any atom is -0.392 e. The zero-order chi connectivity index (χ0) is 17.8. The second kappa shape index (κ2) is 7.29. The van der Waals surface area contributed by atoms with Crippen LogP contribution in [0.15, 0.2) is 60.0 Å². The molecule has 3 aromatic rings.